The van der Waals surface area contributed by atoms with Crippen molar-refractivity contribution in [2.24, 2.45) is 0 Å². The van der Waals surface area contributed by atoms with Crippen LogP contribution in [0.3, 0.4) is 0 Å². The van der Waals surface area contributed by atoms with Crippen molar-refractivity contribution in [2.45, 2.75) is 13.8 Å². The number of allylic oxidation sites excluding steroid dienone is 1. The van der Waals surface area contributed by atoms with E-state index in [1.807, 2.05) is 13.8 Å². The van der Waals surface area contributed by atoms with Crippen molar-refractivity contribution in [3.05, 3.63) is 41.2 Å². The smallest absolute Gasteiger partial charge is 0.340 e. The summed E-state index contributed by atoms with van der Waals surface area (Å²) in [6.45, 7) is 4.08. The average molecular weight is 266 g/mol. The summed E-state index contributed by atoms with van der Waals surface area (Å²) in [5.41, 5.74) is 0.402. The SMILES string of the molecule is CC(C)=CCNC(=O)Nc1cccc(F)c1C(=O)O. The third-order valence-corrected chi connectivity index (χ3v) is 2.25. The molecule has 0 aromatic heterocycles. The van der Waals surface area contributed by atoms with Crippen LogP contribution >= 0.6 is 0 Å². The Kier molecular flexibility index (Phi) is 5.05. The van der Waals surface area contributed by atoms with Crippen LogP contribution in [0.15, 0.2) is 29.8 Å². The largest absolute Gasteiger partial charge is 0.478 e. The van der Waals surface area contributed by atoms with Gasteiger partial charge in [-0.1, -0.05) is 17.7 Å². The van der Waals surface area contributed by atoms with Crippen LogP contribution in [-0.2, 0) is 0 Å². The molecule has 0 fully saturated rings. The fourth-order valence-corrected chi connectivity index (χ4v) is 1.36. The highest BCUT2D eigenvalue weighted by atomic mass is 19.1. The molecule has 0 spiro atoms. The molecule has 5 nitrogen and oxygen atoms in total. The fraction of sp³-hybridized carbons (Fsp3) is 0.231. The van der Waals surface area contributed by atoms with E-state index in [1.54, 1.807) is 6.08 Å². The molecule has 102 valence electrons. The van der Waals surface area contributed by atoms with E-state index in [9.17, 15) is 14.0 Å². The van der Waals surface area contributed by atoms with E-state index in [4.69, 9.17) is 5.11 Å². The lowest BCUT2D eigenvalue weighted by Gasteiger charge is -2.09. The molecule has 3 N–H and O–H groups in total. The minimum absolute atomic E-state index is 0.0813. The van der Waals surface area contributed by atoms with Crippen molar-refractivity contribution < 1.29 is 19.1 Å². The molecule has 19 heavy (non-hydrogen) atoms. The number of anilines is 1. The van der Waals surface area contributed by atoms with Crippen LogP contribution in [0.2, 0.25) is 0 Å². The number of aromatic carboxylic acids is 1. The molecule has 6 heteroatoms. The number of carbonyl (C=O) groups excluding carboxylic acids is 1. The number of urea groups is 1. The monoisotopic (exact) mass is 266 g/mol. The number of hydrogen-bond donors (Lipinski definition) is 3. The molecule has 1 rings (SSSR count). The van der Waals surface area contributed by atoms with Crippen molar-refractivity contribution in [1.29, 1.82) is 0 Å². The van der Waals surface area contributed by atoms with Crippen LogP contribution in [0.4, 0.5) is 14.9 Å². The van der Waals surface area contributed by atoms with E-state index in [1.165, 1.54) is 12.1 Å². The molecule has 0 atom stereocenters. The van der Waals surface area contributed by atoms with E-state index in [0.717, 1.165) is 11.6 Å². The lowest BCUT2D eigenvalue weighted by Crippen LogP contribution is -2.29. The molecule has 0 aliphatic rings. The van der Waals surface area contributed by atoms with E-state index < -0.39 is 23.4 Å². The molecule has 0 unspecified atom stereocenters. The number of carboxylic acid groups (broad SMARTS) is 1. The second kappa shape index (κ2) is 6.53. The number of halogens is 1. The minimum atomic E-state index is -1.43. The van der Waals surface area contributed by atoms with Crippen LogP contribution in [-0.4, -0.2) is 23.7 Å². The topological polar surface area (TPSA) is 78.4 Å². The van der Waals surface area contributed by atoms with Gasteiger partial charge >= 0.3 is 12.0 Å². The molecule has 0 bridgehead atoms. The zero-order chi connectivity index (χ0) is 14.4. The van der Waals surface area contributed by atoms with Gasteiger partial charge in [-0.05, 0) is 26.0 Å². The molecular weight excluding hydrogens is 251 g/mol. The van der Waals surface area contributed by atoms with Gasteiger partial charge < -0.3 is 15.7 Å². The van der Waals surface area contributed by atoms with E-state index in [0.29, 0.717) is 6.54 Å². The molecule has 0 radical (unpaired) electrons. The molecule has 0 aliphatic heterocycles. The Balaban J connectivity index is 2.77. The highest BCUT2D eigenvalue weighted by Gasteiger charge is 2.16. The van der Waals surface area contributed by atoms with Crippen molar-refractivity contribution in [2.75, 3.05) is 11.9 Å². The van der Waals surface area contributed by atoms with Crippen LogP contribution < -0.4 is 10.6 Å². The molecule has 0 heterocycles. The first-order valence-electron chi connectivity index (χ1n) is 5.62. The summed E-state index contributed by atoms with van der Waals surface area (Å²) in [7, 11) is 0. The summed E-state index contributed by atoms with van der Waals surface area (Å²) in [5, 5.41) is 13.7. The third-order valence-electron chi connectivity index (χ3n) is 2.25. The maximum Gasteiger partial charge on any atom is 0.340 e. The molecule has 0 saturated heterocycles. The summed E-state index contributed by atoms with van der Waals surface area (Å²) in [5.74, 6) is -2.33. The third kappa shape index (κ3) is 4.42. The summed E-state index contributed by atoms with van der Waals surface area (Å²) in [4.78, 5) is 22.4. The maximum absolute atomic E-state index is 13.3. The Morgan fingerprint density at radius 1 is 1.37 bits per heavy atom. The van der Waals surface area contributed by atoms with Gasteiger partial charge in [0.15, 0.2) is 0 Å². The Labute approximate surface area is 110 Å². The van der Waals surface area contributed by atoms with Gasteiger partial charge in [-0.15, -0.1) is 0 Å². The number of amides is 2. The molecule has 0 aliphatic carbocycles. The molecule has 1 aromatic carbocycles. The Hall–Kier alpha value is -2.37. The fourth-order valence-electron chi connectivity index (χ4n) is 1.36. The predicted octanol–water partition coefficient (Wildman–Crippen LogP) is 2.61. The van der Waals surface area contributed by atoms with Gasteiger partial charge in [0.1, 0.15) is 11.4 Å². The average Bonchev–Trinajstić information content (AvgIpc) is 2.27. The standard InChI is InChI=1S/C13H15FN2O3/c1-8(2)6-7-15-13(19)16-10-5-3-4-9(14)11(10)12(17)18/h3-6H,7H2,1-2H3,(H,17,18)(H2,15,16,19). The summed E-state index contributed by atoms with van der Waals surface area (Å²) >= 11 is 0. The summed E-state index contributed by atoms with van der Waals surface area (Å²) < 4.78 is 13.3. The van der Waals surface area contributed by atoms with Gasteiger partial charge in [0, 0.05) is 6.54 Å². The van der Waals surface area contributed by atoms with E-state index in [2.05, 4.69) is 10.6 Å². The van der Waals surface area contributed by atoms with Crippen molar-refractivity contribution in [3.63, 3.8) is 0 Å². The number of benzene rings is 1. The highest BCUT2D eigenvalue weighted by Crippen LogP contribution is 2.18. The molecule has 1 aromatic rings. The second-order valence-electron chi connectivity index (χ2n) is 4.08. The van der Waals surface area contributed by atoms with E-state index in [-0.39, 0.29) is 5.69 Å². The maximum atomic E-state index is 13.3. The minimum Gasteiger partial charge on any atom is -0.478 e. The van der Waals surface area contributed by atoms with Gasteiger partial charge in [0.2, 0.25) is 0 Å². The van der Waals surface area contributed by atoms with Gasteiger partial charge in [-0.3, -0.25) is 0 Å². The van der Waals surface area contributed by atoms with E-state index >= 15 is 0 Å². The van der Waals surface area contributed by atoms with Crippen molar-refractivity contribution in [1.82, 2.24) is 5.32 Å². The number of hydrogen-bond acceptors (Lipinski definition) is 2. The normalized spacial score (nSPS) is 9.63. The number of rotatable bonds is 4. The zero-order valence-corrected chi connectivity index (χ0v) is 10.7. The summed E-state index contributed by atoms with van der Waals surface area (Å²) in [6, 6.07) is 3.08. The van der Waals surface area contributed by atoms with Gasteiger partial charge in [-0.2, -0.15) is 0 Å². The Bertz CT molecular complexity index is 523. The van der Waals surface area contributed by atoms with Gasteiger partial charge in [0.25, 0.3) is 0 Å². The molecule has 0 saturated carbocycles. The number of nitrogens with one attached hydrogen (secondary N) is 2. The quantitative estimate of drug-likeness (QED) is 0.733. The first-order valence-corrected chi connectivity index (χ1v) is 5.62. The van der Waals surface area contributed by atoms with Crippen LogP contribution in [0.1, 0.15) is 24.2 Å². The lowest BCUT2D eigenvalue weighted by atomic mass is 10.1. The zero-order valence-electron chi connectivity index (χ0n) is 10.7. The number of carboxylic acids is 1. The van der Waals surface area contributed by atoms with Crippen molar-refractivity contribution >= 4 is 17.7 Å². The van der Waals surface area contributed by atoms with Gasteiger partial charge in [0.05, 0.1) is 5.69 Å². The predicted molar refractivity (Wildman–Crippen MR) is 69.8 cm³/mol. The van der Waals surface area contributed by atoms with Crippen LogP contribution in [0.5, 0.6) is 0 Å². The first kappa shape index (κ1) is 14.7. The summed E-state index contributed by atoms with van der Waals surface area (Å²) in [6.07, 6.45) is 1.79. The Morgan fingerprint density at radius 3 is 2.63 bits per heavy atom. The van der Waals surface area contributed by atoms with Crippen molar-refractivity contribution in [3.8, 4) is 0 Å². The molecular formula is C13H15FN2O3. The highest BCUT2D eigenvalue weighted by molar-refractivity contribution is 6.00. The Morgan fingerprint density at radius 2 is 2.05 bits per heavy atom. The van der Waals surface area contributed by atoms with Crippen LogP contribution in [0.25, 0.3) is 0 Å². The first-order chi connectivity index (χ1) is 8.91. The van der Waals surface area contributed by atoms with Crippen LogP contribution in [0, 0.1) is 5.82 Å². The van der Waals surface area contributed by atoms with Gasteiger partial charge in [-0.25, -0.2) is 14.0 Å². The second-order valence-corrected chi connectivity index (χ2v) is 4.08. The molecule has 2 amide bonds. The number of carbonyl (C=O) groups is 2. The lowest BCUT2D eigenvalue weighted by molar-refractivity contribution is 0.0693.